The van der Waals surface area contributed by atoms with E-state index in [1.165, 1.54) is 0 Å². The Hall–Kier alpha value is -2.21. The minimum absolute atomic E-state index is 0.110. The quantitative estimate of drug-likeness (QED) is 0.870. The van der Waals surface area contributed by atoms with E-state index in [4.69, 9.17) is 5.11 Å². The van der Waals surface area contributed by atoms with Crippen LogP contribution in [0.3, 0.4) is 0 Å². The predicted octanol–water partition coefficient (Wildman–Crippen LogP) is 2.72. The Morgan fingerprint density at radius 3 is 2.71 bits per heavy atom. The Kier molecular flexibility index (Phi) is 4.70. The summed E-state index contributed by atoms with van der Waals surface area (Å²) < 4.78 is 0.506. The van der Waals surface area contributed by atoms with Gasteiger partial charge in [-0.3, -0.25) is 9.78 Å². The van der Waals surface area contributed by atoms with Gasteiger partial charge in [-0.1, -0.05) is 40.7 Å². The fourth-order valence-electron chi connectivity index (χ4n) is 1.95. The van der Waals surface area contributed by atoms with Crippen LogP contribution >= 0.6 is 15.9 Å². The van der Waals surface area contributed by atoms with Gasteiger partial charge in [0.25, 0.3) is 5.91 Å². The monoisotopic (exact) mass is 348 g/mol. The van der Waals surface area contributed by atoms with Gasteiger partial charge in [0.2, 0.25) is 0 Å². The van der Waals surface area contributed by atoms with Crippen molar-refractivity contribution in [2.75, 3.05) is 0 Å². The number of hydrogen-bond acceptors (Lipinski definition) is 3. The lowest BCUT2D eigenvalue weighted by Gasteiger charge is -2.14. The molecule has 108 valence electrons. The van der Waals surface area contributed by atoms with Gasteiger partial charge in [-0.15, -0.1) is 0 Å². The highest BCUT2D eigenvalue weighted by Crippen LogP contribution is 2.17. The van der Waals surface area contributed by atoms with Gasteiger partial charge >= 0.3 is 5.97 Å². The van der Waals surface area contributed by atoms with Crippen molar-refractivity contribution in [3.63, 3.8) is 0 Å². The van der Waals surface area contributed by atoms with Crippen LogP contribution in [0, 0.1) is 0 Å². The number of hydrogen-bond donors (Lipinski definition) is 2. The number of amides is 1. The summed E-state index contributed by atoms with van der Waals surface area (Å²) in [6.45, 7) is 3.60. The van der Waals surface area contributed by atoms with E-state index in [9.17, 15) is 9.59 Å². The van der Waals surface area contributed by atoms with Crippen molar-refractivity contribution < 1.29 is 14.7 Å². The lowest BCUT2D eigenvalue weighted by Crippen LogP contribution is -2.40. The zero-order valence-corrected chi connectivity index (χ0v) is 12.6. The van der Waals surface area contributed by atoms with Crippen LogP contribution in [0.1, 0.15) is 16.8 Å². The predicted molar refractivity (Wildman–Crippen MR) is 83.3 cm³/mol. The van der Waals surface area contributed by atoms with Gasteiger partial charge in [-0.2, -0.15) is 0 Å². The van der Waals surface area contributed by atoms with Crippen molar-refractivity contribution >= 4 is 38.7 Å². The molecule has 0 fully saturated rings. The molecule has 1 heterocycles. The standard InChI is InChI=1S/C15H13BrN2O3/c1-9(16)8-12(15(20)21)18-14(19)11-6-2-4-10-5-3-7-17-13(10)11/h2-7,12H,1,8H2,(H,18,19)(H,20,21)/t12-/m0/s1. The van der Waals surface area contributed by atoms with Crippen LogP contribution in [0.25, 0.3) is 10.9 Å². The largest absolute Gasteiger partial charge is 0.480 e. The maximum Gasteiger partial charge on any atom is 0.326 e. The third kappa shape index (κ3) is 3.66. The van der Waals surface area contributed by atoms with Gasteiger partial charge in [0, 0.05) is 18.0 Å². The van der Waals surface area contributed by atoms with E-state index in [0.29, 0.717) is 15.6 Å². The third-order valence-corrected chi connectivity index (χ3v) is 3.23. The molecule has 1 aromatic heterocycles. The minimum atomic E-state index is -1.11. The summed E-state index contributed by atoms with van der Waals surface area (Å²) >= 11 is 3.11. The average Bonchev–Trinajstić information content (AvgIpc) is 2.45. The van der Waals surface area contributed by atoms with E-state index in [0.717, 1.165) is 5.39 Å². The van der Waals surface area contributed by atoms with Crippen molar-refractivity contribution in [3.05, 3.63) is 53.2 Å². The second-order valence-electron chi connectivity index (χ2n) is 4.47. The molecule has 1 amide bonds. The van der Waals surface area contributed by atoms with Crippen LogP contribution in [0.2, 0.25) is 0 Å². The van der Waals surface area contributed by atoms with Gasteiger partial charge in [-0.25, -0.2) is 4.79 Å². The summed E-state index contributed by atoms with van der Waals surface area (Å²) in [5.41, 5.74) is 0.888. The van der Waals surface area contributed by atoms with Gasteiger partial charge in [0.1, 0.15) is 6.04 Å². The summed E-state index contributed by atoms with van der Waals surface area (Å²) in [6, 6.07) is 7.77. The second-order valence-corrected chi connectivity index (χ2v) is 5.59. The molecule has 0 aliphatic rings. The van der Waals surface area contributed by atoms with E-state index >= 15 is 0 Å². The number of pyridine rings is 1. The maximum absolute atomic E-state index is 12.3. The molecule has 1 atom stereocenters. The van der Waals surface area contributed by atoms with Crippen molar-refractivity contribution in [1.29, 1.82) is 0 Å². The Morgan fingerprint density at radius 1 is 1.33 bits per heavy atom. The molecule has 21 heavy (non-hydrogen) atoms. The number of rotatable bonds is 5. The number of carboxylic acids is 1. The normalized spacial score (nSPS) is 11.9. The number of para-hydroxylation sites is 1. The topological polar surface area (TPSA) is 79.3 Å². The molecule has 0 aliphatic heterocycles. The lowest BCUT2D eigenvalue weighted by molar-refractivity contribution is -0.139. The first-order chi connectivity index (χ1) is 9.99. The molecule has 2 rings (SSSR count). The molecular weight excluding hydrogens is 336 g/mol. The molecule has 0 radical (unpaired) electrons. The van der Waals surface area contributed by atoms with Crippen LogP contribution in [0.5, 0.6) is 0 Å². The Bertz CT molecular complexity index is 710. The Morgan fingerprint density at radius 2 is 2.05 bits per heavy atom. The summed E-state index contributed by atoms with van der Waals surface area (Å²) in [4.78, 5) is 27.6. The zero-order valence-electron chi connectivity index (χ0n) is 11.0. The van der Waals surface area contributed by atoms with Crippen molar-refractivity contribution in [3.8, 4) is 0 Å². The third-order valence-electron chi connectivity index (χ3n) is 2.91. The van der Waals surface area contributed by atoms with Crippen LogP contribution in [-0.2, 0) is 4.79 Å². The molecule has 0 bridgehead atoms. The molecule has 0 spiro atoms. The number of halogens is 1. The molecule has 1 aromatic carbocycles. The number of carboxylic acid groups (broad SMARTS) is 1. The lowest BCUT2D eigenvalue weighted by atomic mass is 10.1. The van der Waals surface area contributed by atoms with E-state index in [2.05, 4.69) is 32.8 Å². The molecule has 0 saturated carbocycles. The van der Waals surface area contributed by atoms with Crippen LogP contribution in [0.15, 0.2) is 47.6 Å². The number of benzene rings is 1. The number of fused-ring (bicyclic) bond motifs is 1. The van der Waals surface area contributed by atoms with Crippen molar-refractivity contribution in [1.82, 2.24) is 10.3 Å². The fourth-order valence-corrected chi connectivity index (χ4v) is 2.27. The van der Waals surface area contributed by atoms with Gasteiger partial charge in [0.15, 0.2) is 0 Å². The minimum Gasteiger partial charge on any atom is -0.480 e. The average molecular weight is 349 g/mol. The number of carbonyl (C=O) groups is 2. The summed E-state index contributed by atoms with van der Waals surface area (Å²) in [5.74, 6) is -1.59. The summed E-state index contributed by atoms with van der Waals surface area (Å²) in [5, 5.41) is 12.4. The number of carbonyl (C=O) groups excluding carboxylic acids is 1. The number of aliphatic carboxylic acids is 1. The number of nitrogens with zero attached hydrogens (tertiary/aromatic N) is 1. The highest BCUT2D eigenvalue weighted by atomic mass is 79.9. The van der Waals surface area contributed by atoms with Gasteiger partial charge < -0.3 is 10.4 Å². The molecular formula is C15H13BrN2O3. The molecule has 2 aromatic rings. The Labute approximate surface area is 129 Å². The molecule has 0 saturated heterocycles. The van der Waals surface area contributed by atoms with Crippen LogP contribution in [0.4, 0.5) is 0 Å². The van der Waals surface area contributed by atoms with E-state index in [1.54, 1.807) is 24.4 Å². The fraction of sp³-hybridized carbons (Fsp3) is 0.133. The van der Waals surface area contributed by atoms with E-state index in [1.807, 2.05) is 12.1 Å². The highest BCUT2D eigenvalue weighted by Gasteiger charge is 2.22. The SMILES string of the molecule is C=C(Br)C[C@H](NC(=O)c1cccc2cccnc12)C(=O)O. The van der Waals surface area contributed by atoms with Crippen LogP contribution < -0.4 is 5.32 Å². The first-order valence-electron chi connectivity index (χ1n) is 6.19. The van der Waals surface area contributed by atoms with E-state index < -0.39 is 17.9 Å². The second kappa shape index (κ2) is 6.49. The van der Waals surface area contributed by atoms with Crippen molar-refractivity contribution in [2.45, 2.75) is 12.5 Å². The highest BCUT2D eigenvalue weighted by molar-refractivity contribution is 9.11. The first-order valence-corrected chi connectivity index (χ1v) is 6.99. The molecule has 0 aliphatic carbocycles. The first kappa shape index (κ1) is 15.2. The maximum atomic E-state index is 12.3. The van der Waals surface area contributed by atoms with Crippen molar-refractivity contribution in [2.24, 2.45) is 0 Å². The zero-order chi connectivity index (χ0) is 15.4. The van der Waals surface area contributed by atoms with E-state index in [-0.39, 0.29) is 6.42 Å². The summed E-state index contributed by atoms with van der Waals surface area (Å²) in [7, 11) is 0. The van der Waals surface area contributed by atoms with Gasteiger partial charge in [-0.05, 0) is 16.6 Å². The number of nitrogens with one attached hydrogen (secondary N) is 1. The van der Waals surface area contributed by atoms with Crippen LogP contribution in [-0.4, -0.2) is 28.0 Å². The molecule has 6 heteroatoms. The number of aromatic nitrogens is 1. The molecule has 2 N–H and O–H groups in total. The van der Waals surface area contributed by atoms with Gasteiger partial charge in [0.05, 0.1) is 11.1 Å². The Balaban J connectivity index is 2.29. The molecule has 5 nitrogen and oxygen atoms in total. The summed E-state index contributed by atoms with van der Waals surface area (Å²) in [6.07, 6.45) is 1.70. The smallest absolute Gasteiger partial charge is 0.326 e. The molecule has 0 unspecified atom stereocenters.